The molecule has 2 aliphatic rings. The number of hydrogen-bond donors (Lipinski definition) is 2. The molecule has 6 nitrogen and oxygen atoms in total. The highest BCUT2D eigenvalue weighted by atomic mass is 16.2. The van der Waals surface area contributed by atoms with Crippen molar-refractivity contribution in [2.45, 2.75) is 38.1 Å². The summed E-state index contributed by atoms with van der Waals surface area (Å²) >= 11 is 0. The number of urea groups is 1. The van der Waals surface area contributed by atoms with E-state index in [9.17, 15) is 14.4 Å². The molecule has 2 N–H and O–H groups in total. The molecular formula is C23H25N3O3. The number of carbonyl (C=O) groups excluding carboxylic acids is 3. The first-order valence-corrected chi connectivity index (χ1v) is 10.1. The van der Waals surface area contributed by atoms with Gasteiger partial charge in [-0.2, -0.15) is 0 Å². The fraction of sp³-hybridized carbons (Fsp3) is 0.348. The molecule has 29 heavy (non-hydrogen) atoms. The van der Waals surface area contributed by atoms with E-state index in [1.807, 2.05) is 61.5 Å². The summed E-state index contributed by atoms with van der Waals surface area (Å²) in [6.45, 7) is 1.71. The third kappa shape index (κ3) is 3.50. The molecule has 0 radical (unpaired) electrons. The number of imide groups is 1. The van der Waals surface area contributed by atoms with Crippen LogP contribution < -0.4 is 10.6 Å². The number of benzene rings is 2. The number of para-hydroxylation sites is 1. The third-order valence-electron chi connectivity index (χ3n) is 6.09. The molecule has 4 rings (SSSR count). The monoisotopic (exact) mass is 391 g/mol. The van der Waals surface area contributed by atoms with Crippen LogP contribution in [-0.4, -0.2) is 34.8 Å². The first-order valence-electron chi connectivity index (χ1n) is 10.1. The molecule has 0 unspecified atom stereocenters. The molecule has 6 heteroatoms. The van der Waals surface area contributed by atoms with Crippen LogP contribution in [0.1, 0.15) is 32.6 Å². The normalized spacial score (nSPS) is 23.9. The molecule has 4 amide bonds. The second-order valence-corrected chi connectivity index (χ2v) is 7.90. The summed E-state index contributed by atoms with van der Waals surface area (Å²) in [7, 11) is 0. The second-order valence-electron chi connectivity index (χ2n) is 7.90. The number of carbonyl (C=O) groups is 3. The Morgan fingerprint density at radius 3 is 2.59 bits per heavy atom. The zero-order valence-electron chi connectivity index (χ0n) is 16.5. The van der Waals surface area contributed by atoms with Gasteiger partial charge in [-0.25, -0.2) is 4.79 Å². The minimum atomic E-state index is -0.850. The maximum absolute atomic E-state index is 13.0. The lowest BCUT2D eigenvalue weighted by Gasteiger charge is -2.36. The molecule has 0 bridgehead atoms. The summed E-state index contributed by atoms with van der Waals surface area (Å²) in [6.07, 6.45) is 3.49. The van der Waals surface area contributed by atoms with Crippen molar-refractivity contribution in [2.24, 2.45) is 5.92 Å². The van der Waals surface area contributed by atoms with Crippen LogP contribution in [-0.2, 0) is 9.59 Å². The summed E-state index contributed by atoms with van der Waals surface area (Å²) in [5, 5.41) is 5.75. The Morgan fingerprint density at radius 1 is 1.10 bits per heavy atom. The van der Waals surface area contributed by atoms with Crippen LogP contribution in [0.5, 0.6) is 0 Å². The van der Waals surface area contributed by atoms with Crippen LogP contribution in [0.3, 0.4) is 0 Å². The van der Waals surface area contributed by atoms with E-state index in [4.69, 9.17) is 0 Å². The van der Waals surface area contributed by atoms with Gasteiger partial charge in [-0.3, -0.25) is 14.5 Å². The second kappa shape index (κ2) is 7.70. The largest absolute Gasteiger partial charge is 0.325 e. The molecule has 2 aromatic carbocycles. The molecule has 2 fully saturated rings. The van der Waals surface area contributed by atoms with E-state index in [1.54, 1.807) is 0 Å². The van der Waals surface area contributed by atoms with E-state index in [1.165, 1.54) is 0 Å². The van der Waals surface area contributed by atoms with Crippen molar-refractivity contribution < 1.29 is 14.4 Å². The molecule has 1 aliphatic carbocycles. The Hall–Kier alpha value is -3.15. The molecule has 2 atom stereocenters. The number of hydrogen-bond acceptors (Lipinski definition) is 3. The van der Waals surface area contributed by atoms with Crippen LogP contribution in [0.25, 0.3) is 11.1 Å². The van der Waals surface area contributed by atoms with Crippen molar-refractivity contribution in [3.63, 3.8) is 0 Å². The van der Waals surface area contributed by atoms with Gasteiger partial charge >= 0.3 is 6.03 Å². The zero-order valence-corrected chi connectivity index (χ0v) is 16.5. The number of amides is 4. The van der Waals surface area contributed by atoms with Gasteiger partial charge in [-0.15, -0.1) is 0 Å². The quantitative estimate of drug-likeness (QED) is 0.779. The predicted octanol–water partition coefficient (Wildman–Crippen LogP) is 3.79. The summed E-state index contributed by atoms with van der Waals surface area (Å²) in [6, 6.07) is 16.8. The first-order chi connectivity index (χ1) is 14.0. The van der Waals surface area contributed by atoms with Crippen LogP contribution in [0, 0.1) is 5.92 Å². The third-order valence-corrected chi connectivity index (χ3v) is 6.09. The van der Waals surface area contributed by atoms with Gasteiger partial charge in [0.2, 0.25) is 5.91 Å². The fourth-order valence-corrected chi connectivity index (χ4v) is 4.43. The lowest BCUT2D eigenvalue weighted by molar-refractivity contribution is -0.136. The molecule has 2 aromatic rings. The topological polar surface area (TPSA) is 78.5 Å². The molecule has 1 saturated carbocycles. The van der Waals surface area contributed by atoms with Gasteiger partial charge in [0.25, 0.3) is 5.91 Å². The van der Waals surface area contributed by atoms with E-state index in [0.717, 1.165) is 35.3 Å². The van der Waals surface area contributed by atoms with Crippen molar-refractivity contribution in [3.8, 4) is 11.1 Å². The number of anilines is 1. The average molecular weight is 391 g/mol. The van der Waals surface area contributed by atoms with E-state index < -0.39 is 17.5 Å². The Bertz CT molecular complexity index is 943. The maximum atomic E-state index is 13.0. The molecule has 1 aliphatic heterocycles. The molecule has 0 aromatic heterocycles. The van der Waals surface area contributed by atoms with Gasteiger partial charge in [0, 0.05) is 11.3 Å². The maximum Gasteiger partial charge on any atom is 0.325 e. The minimum absolute atomic E-state index is 0.0690. The summed E-state index contributed by atoms with van der Waals surface area (Å²) in [4.78, 5) is 39.3. The van der Waals surface area contributed by atoms with Gasteiger partial charge in [0.15, 0.2) is 0 Å². The Morgan fingerprint density at radius 2 is 1.83 bits per heavy atom. The predicted molar refractivity (Wildman–Crippen MR) is 111 cm³/mol. The average Bonchev–Trinajstić information content (AvgIpc) is 2.96. The lowest BCUT2D eigenvalue weighted by Crippen LogP contribution is -2.54. The summed E-state index contributed by atoms with van der Waals surface area (Å²) in [5.41, 5.74) is 1.67. The van der Waals surface area contributed by atoms with E-state index in [2.05, 4.69) is 10.6 Å². The van der Waals surface area contributed by atoms with Crippen LogP contribution in [0.4, 0.5) is 10.5 Å². The Balaban J connectivity index is 1.50. The first kappa shape index (κ1) is 19.2. The molecule has 1 saturated heterocycles. The summed E-state index contributed by atoms with van der Waals surface area (Å²) in [5.74, 6) is -0.599. The Kier molecular flexibility index (Phi) is 5.09. The van der Waals surface area contributed by atoms with Crippen molar-refractivity contribution in [3.05, 3.63) is 54.6 Å². The number of rotatable bonds is 4. The van der Waals surface area contributed by atoms with Crippen molar-refractivity contribution in [1.82, 2.24) is 10.2 Å². The van der Waals surface area contributed by atoms with E-state index in [-0.39, 0.29) is 18.4 Å². The van der Waals surface area contributed by atoms with Crippen LogP contribution >= 0.6 is 0 Å². The highest BCUT2D eigenvalue weighted by Crippen LogP contribution is 2.38. The Labute approximate surface area is 170 Å². The standard InChI is InChI=1S/C23H25N3O3/c1-16-9-7-8-14-23(16)21(28)26(22(29)25-23)15-20(27)24-19-13-6-5-12-18(19)17-10-3-2-4-11-17/h2-6,10-13,16H,7-9,14-15H2,1H3,(H,24,27)(H,25,29)/t16-,23-/m0/s1. The van der Waals surface area contributed by atoms with Crippen molar-refractivity contribution in [1.29, 1.82) is 0 Å². The number of nitrogens with one attached hydrogen (secondary N) is 2. The van der Waals surface area contributed by atoms with Crippen molar-refractivity contribution >= 4 is 23.5 Å². The molecular weight excluding hydrogens is 366 g/mol. The zero-order chi connectivity index (χ0) is 20.4. The minimum Gasteiger partial charge on any atom is -0.324 e. The smallest absolute Gasteiger partial charge is 0.324 e. The molecule has 1 spiro atoms. The SMILES string of the molecule is C[C@H]1CCCC[C@]12NC(=O)N(CC(=O)Nc1ccccc1-c1ccccc1)C2=O. The lowest BCUT2D eigenvalue weighted by atomic mass is 9.73. The highest BCUT2D eigenvalue weighted by molar-refractivity contribution is 6.10. The molecule has 150 valence electrons. The van der Waals surface area contributed by atoms with Crippen molar-refractivity contribution in [2.75, 3.05) is 11.9 Å². The van der Waals surface area contributed by atoms with Crippen LogP contribution in [0.2, 0.25) is 0 Å². The van der Waals surface area contributed by atoms with Gasteiger partial charge in [0.05, 0.1) is 0 Å². The highest BCUT2D eigenvalue weighted by Gasteiger charge is 2.55. The number of nitrogens with zero attached hydrogens (tertiary/aromatic N) is 1. The summed E-state index contributed by atoms with van der Waals surface area (Å²) < 4.78 is 0. The van der Waals surface area contributed by atoms with Crippen LogP contribution in [0.15, 0.2) is 54.6 Å². The molecule has 1 heterocycles. The van der Waals surface area contributed by atoms with Gasteiger partial charge in [-0.1, -0.05) is 68.3 Å². The van der Waals surface area contributed by atoms with E-state index >= 15 is 0 Å². The fourth-order valence-electron chi connectivity index (χ4n) is 4.43. The van der Waals surface area contributed by atoms with Gasteiger partial charge in [-0.05, 0) is 30.4 Å². The van der Waals surface area contributed by atoms with Gasteiger partial charge in [0.1, 0.15) is 12.1 Å². The van der Waals surface area contributed by atoms with Gasteiger partial charge < -0.3 is 10.6 Å². The van der Waals surface area contributed by atoms with E-state index in [0.29, 0.717) is 12.1 Å².